The Morgan fingerprint density at radius 3 is 2.30 bits per heavy atom. The van der Waals surface area contributed by atoms with E-state index in [-0.39, 0.29) is 11.3 Å². The molecule has 0 radical (unpaired) electrons. The Hall–Kier alpha value is -1.55. The zero-order chi connectivity index (χ0) is 16.9. The summed E-state index contributed by atoms with van der Waals surface area (Å²) >= 11 is 0. The zero-order valence-electron chi connectivity index (χ0n) is 15.0. The van der Waals surface area contributed by atoms with Crippen molar-refractivity contribution < 1.29 is 4.79 Å². The number of carbonyl (C=O) groups is 1. The van der Waals surface area contributed by atoms with E-state index in [1.165, 1.54) is 11.3 Å². The van der Waals surface area contributed by atoms with Crippen molar-refractivity contribution in [2.75, 3.05) is 31.6 Å². The van der Waals surface area contributed by atoms with E-state index in [4.69, 9.17) is 0 Å². The monoisotopic (exact) mass is 317 g/mol. The molecule has 0 aliphatic carbocycles. The van der Waals surface area contributed by atoms with Crippen LogP contribution in [0.3, 0.4) is 0 Å². The van der Waals surface area contributed by atoms with Crippen LogP contribution in [0.1, 0.15) is 45.6 Å². The lowest BCUT2D eigenvalue weighted by molar-refractivity contribution is -0.121. The van der Waals surface area contributed by atoms with Crippen LogP contribution in [0.25, 0.3) is 0 Å². The molecule has 0 aromatic heterocycles. The summed E-state index contributed by atoms with van der Waals surface area (Å²) in [5, 5.41) is 6.16. The van der Waals surface area contributed by atoms with Crippen molar-refractivity contribution >= 4 is 11.6 Å². The molecule has 23 heavy (non-hydrogen) atoms. The smallest absolute Gasteiger partial charge is 0.221 e. The first-order chi connectivity index (χ1) is 10.9. The number of anilines is 1. The first-order valence-corrected chi connectivity index (χ1v) is 8.69. The number of piperidine rings is 1. The summed E-state index contributed by atoms with van der Waals surface area (Å²) in [6, 6.07) is 9.25. The van der Waals surface area contributed by atoms with E-state index in [2.05, 4.69) is 60.6 Å². The predicted octanol–water partition coefficient (Wildman–Crippen LogP) is 2.68. The number of nitrogens with one attached hydrogen (secondary N) is 2. The summed E-state index contributed by atoms with van der Waals surface area (Å²) in [5.74, 6) is 0.160. The van der Waals surface area contributed by atoms with Crippen LogP contribution >= 0.6 is 0 Å². The average Bonchev–Trinajstić information content (AvgIpc) is 2.53. The molecule has 1 aliphatic heterocycles. The van der Waals surface area contributed by atoms with Gasteiger partial charge in [0, 0.05) is 37.8 Å². The molecule has 2 rings (SSSR count). The first-order valence-electron chi connectivity index (χ1n) is 8.69. The highest BCUT2D eigenvalue weighted by molar-refractivity contribution is 5.76. The van der Waals surface area contributed by atoms with Gasteiger partial charge in [-0.1, -0.05) is 32.9 Å². The molecule has 1 aliphatic rings. The number of benzene rings is 1. The van der Waals surface area contributed by atoms with Crippen LogP contribution in [-0.2, 0) is 10.2 Å². The number of hydrogen-bond donors (Lipinski definition) is 2. The van der Waals surface area contributed by atoms with Crippen LogP contribution in [0, 0.1) is 0 Å². The molecule has 2 N–H and O–H groups in total. The maximum atomic E-state index is 11.8. The van der Waals surface area contributed by atoms with E-state index < -0.39 is 0 Å². The average molecular weight is 317 g/mol. The molecule has 1 heterocycles. The van der Waals surface area contributed by atoms with Crippen LogP contribution < -0.4 is 15.5 Å². The van der Waals surface area contributed by atoms with Gasteiger partial charge in [0.2, 0.25) is 5.91 Å². The van der Waals surface area contributed by atoms with Crippen LogP contribution in [-0.4, -0.2) is 38.6 Å². The molecule has 0 unspecified atom stereocenters. The Labute approximate surface area is 140 Å². The van der Waals surface area contributed by atoms with Crippen molar-refractivity contribution in [2.24, 2.45) is 0 Å². The van der Waals surface area contributed by atoms with Gasteiger partial charge in [-0.3, -0.25) is 4.79 Å². The van der Waals surface area contributed by atoms with E-state index in [1.807, 2.05) is 7.05 Å². The Kier molecular flexibility index (Phi) is 6.05. The van der Waals surface area contributed by atoms with Crippen LogP contribution in [0.15, 0.2) is 24.3 Å². The van der Waals surface area contributed by atoms with Crippen molar-refractivity contribution in [1.29, 1.82) is 0 Å². The van der Waals surface area contributed by atoms with Gasteiger partial charge in [-0.05, 0) is 43.0 Å². The van der Waals surface area contributed by atoms with Gasteiger partial charge in [-0.15, -0.1) is 0 Å². The second-order valence-electron chi connectivity index (χ2n) is 7.48. The minimum atomic E-state index is 0.160. The third-order valence-electron chi connectivity index (χ3n) is 4.56. The maximum Gasteiger partial charge on any atom is 0.221 e. The highest BCUT2D eigenvalue weighted by Gasteiger charge is 2.21. The van der Waals surface area contributed by atoms with Crippen molar-refractivity contribution in [3.63, 3.8) is 0 Å². The molecule has 0 bridgehead atoms. The van der Waals surface area contributed by atoms with Gasteiger partial charge >= 0.3 is 0 Å². The second kappa shape index (κ2) is 7.82. The minimum Gasteiger partial charge on any atom is -0.371 e. The Morgan fingerprint density at radius 1 is 1.17 bits per heavy atom. The molecule has 0 atom stereocenters. The van der Waals surface area contributed by atoms with E-state index in [1.54, 1.807) is 0 Å². The summed E-state index contributed by atoms with van der Waals surface area (Å²) in [6.45, 7) is 9.47. The van der Waals surface area contributed by atoms with Crippen molar-refractivity contribution in [3.8, 4) is 0 Å². The van der Waals surface area contributed by atoms with Gasteiger partial charge in [-0.2, -0.15) is 0 Å². The van der Waals surface area contributed by atoms with Crippen molar-refractivity contribution in [1.82, 2.24) is 10.6 Å². The van der Waals surface area contributed by atoms with Gasteiger partial charge in [0.1, 0.15) is 0 Å². The van der Waals surface area contributed by atoms with E-state index in [0.717, 1.165) is 32.5 Å². The Morgan fingerprint density at radius 2 is 1.78 bits per heavy atom. The molecular weight excluding hydrogens is 286 g/mol. The molecule has 1 aromatic rings. The number of rotatable bonds is 5. The highest BCUT2D eigenvalue weighted by Crippen LogP contribution is 2.26. The van der Waals surface area contributed by atoms with Crippen molar-refractivity contribution in [3.05, 3.63) is 29.8 Å². The molecule has 4 heteroatoms. The summed E-state index contributed by atoms with van der Waals surface area (Å²) in [5.41, 5.74) is 2.86. The fourth-order valence-corrected chi connectivity index (χ4v) is 2.99. The Balaban J connectivity index is 1.83. The molecule has 128 valence electrons. The number of amides is 1. The topological polar surface area (TPSA) is 44.4 Å². The van der Waals surface area contributed by atoms with Gasteiger partial charge in [0.05, 0.1) is 0 Å². The minimum absolute atomic E-state index is 0.160. The molecule has 1 amide bonds. The number of nitrogens with zero attached hydrogens (tertiary/aromatic N) is 1. The third-order valence-corrected chi connectivity index (χ3v) is 4.56. The predicted molar refractivity (Wildman–Crippen MR) is 97.1 cm³/mol. The summed E-state index contributed by atoms with van der Waals surface area (Å²) in [4.78, 5) is 14.2. The lowest BCUT2D eigenvalue weighted by Crippen LogP contribution is -2.45. The standard InChI is InChI=1S/C19H31N3O/c1-19(2,3)15-5-7-17(8-6-15)22-13-10-16(11-14-22)21-18(23)9-12-20-4/h5-8,16,20H,9-14H2,1-4H3,(H,21,23). The molecular formula is C19H31N3O. The first kappa shape index (κ1) is 17.8. The van der Waals surface area contributed by atoms with Crippen molar-refractivity contribution in [2.45, 2.75) is 51.5 Å². The molecule has 1 aromatic carbocycles. The molecule has 1 saturated heterocycles. The third kappa shape index (κ3) is 5.24. The lowest BCUT2D eigenvalue weighted by atomic mass is 9.87. The van der Waals surface area contributed by atoms with E-state index in [0.29, 0.717) is 12.5 Å². The second-order valence-corrected chi connectivity index (χ2v) is 7.48. The normalized spacial score (nSPS) is 16.4. The van der Waals surface area contributed by atoms with Gasteiger partial charge in [0.25, 0.3) is 0 Å². The van der Waals surface area contributed by atoms with Gasteiger partial charge in [-0.25, -0.2) is 0 Å². The van der Waals surface area contributed by atoms with E-state index >= 15 is 0 Å². The maximum absolute atomic E-state index is 11.8. The van der Waals surface area contributed by atoms with Gasteiger partial charge < -0.3 is 15.5 Å². The lowest BCUT2D eigenvalue weighted by Gasteiger charge is -2.34. The van der Waals surface area contributed by atoms with Crippen LogP contribution in [0.4, 0.5) is 5.69 Å². The van der Waals surface area contributed by atoms with Crippen LogP contribution in [0.2, 0.25) is 0 Å². The highest BCUT2D eigenvalue weighted by atomic mass is 16.1. The largest absolute Gasteiger partial charge is 0.371 e. The quantitative estimate of drug-likeness (QED) is 0.877. The number of carbonyl (C=O) groups excluding carboxylic acids is 1. The fourth-order valence-electron chi connectivity index (χ4n) is 2.99. The number of hydrogen-bond acceptors (Lipinski definition) is 3. The Bertz CT molecular complexity index is 496. The summed E-state index contributed by atoms with van der Waals surface area (Å²) < 4.78 is 0. The SMILES string of the molecule is CNCCC(=O)NC1CCN(c2ccc(C(C)(C)C)cc2)CC1. The van der Waals surface area contributed by atoms with Crippen LogP contribution in [0.5, 0.6) is 0 Å². The van der Waals surface area contributed by atoms with E-state index in [9.17, 15) is 4.79 Å². The molecule has 4 nitrogen and oxygen atoms in total. The summed E-state index contributed by atoms with van der Waals surface area (Å²) in [7, 11) is 1.87. The zero-order valence-corrected chi connectivity index (χ0v) is 15.0. The fraction of sp³-hybridized carbons (Fsp3) is 0.632. The van der Waals surface area contributed by atoms with Gasteiger partial charge in [0.15, 0.2) is 0 Å². The molecule has 0 spiro atoms. The summed E-state index contributed by atoms with van der Waals surface area (Å²) in [6.07, 6.45) is 2.60. The molecule has 1 fully saturated rings. The molecule has 0 saturated carbocycles.